The van der Waals surface area contributed by atoms with Crippen LogP contribution >= 0.6 is 0 Å². The Bertz CT molecular complexity index is 512. The third kappa shape index (κ3) is 5.44. The summed E-state index contributed by atoms with van der Waals surface area (Å²) in [4.78, 5) is 7.40. The van der Waals surface area contributed by atoms with E-state index in [1.165, 1.54) is 43.7 Å². The molecule has 0 amide bonds. The van der Waals surface area contributed by atoms with E-state index in [0.717, 1.165) is 25.6 Å². The molecule has 2 atom stereocenters. The van der Waals surface area contributed by atoms with Gasteiger partial charge >= 0.3 is 0 Å². The third-order valence-corrected chi connectivity index (χ3v) is 5.58. The largest absolute Gasteiger partial charge is 0.378 e. The average Bonchev–Trinajstić information content (AvgIpc) is 2.56. The topological polar surface area (TPSA) is 19.0 Å². The van der Waals surface area contributed by atoms with E-state index in [0.29, 0.717) is 12.2 Å². The highest BCUT2D eigenvalue weighted by atomic mass is 16.5. The number of rotatable bonds is 5. The Morgan fingerprint density at radius 2 is 1.56 bits per heavy atom. The van der Waals surface area contributed by atoms with Crippen molar-refractivity contribution in [1.82, 2.24) is 9.80 Å². The van der Waals surface area contributed by atoms with Crippen molar-refractivity contribution in [2.24, 2.45) is 5.92 Å². The predicted molar refractivity (Wildman–Crippen MR) is 105 cm³/mol. The van der Waals surface area contributed by atoms with E-state index in [4.69, 9.17) is 4.74 Å². The van der Waals surface area contributed by atoms with Crippen LogP contribution in [0.25, 0.3) is 0 Å². The molecule has 0 aliphatic carbocycles. The van der Waals surface area contributed by atoms with E-state index in [1.54, 1.807) is 0 Å². The molecule has 3 rings (SSSR count). The summed E-state index contributed by atoms with van der Waals surface area (Å²) < 4.78 is 5.86. The lowest BCUT2D eigenvalue weighted by Gasteiger charge is -2.39. The van der Waals surface area contributed by atoms with Gasteiger partial charge in [0.25, 0.3) is 0 Å². The first-order valence-corrected chi connectivity index (χ1v) is 9.86. The van der Waals surface area contributed by atoms with Crippen molar-refractivity contribution >= 4 is 5.69 Å². The maximum absolute atomic E-state index is 5.86. The summed E-state index contributed by atoms with van der Waals surface area (Å²) in [7, 11) is 4.19. The molecule has 0 radical (unpaired) electrons. The summed E-state index contributed by atoms with van der Waals surface area (Å²) >= 11 is 0. The number of piperidine rings is 1. The van der Waals surface area contributed by atoms with E-state index in [9.17, 15) is 0 Å². The van der Waals surface area contributed by atoms with Gasteiger partial charge in [-0.15, -0.1) is 0 Å². The van der Waals surface area contributed by atoms with Crippen LogP contribution in [-0.2, 0) is 11.3 Å². The zero-order chi connectivity index (χ0) is 17.8. The fourth-order valence-corrected chi connectivity index (χ4v) is 4.28. The first kappa shape index (κ1) is 18.7. The number of likely N-dealkylation sites (tertiary alicyclic amines) is 1. The van der Waals surface area contributed by atoms with E-state index in [2.05, 4.69) is 66.9 Å². The Balaban J connectivity index is 1.42. The number of nitrogens with zero attached hydrogens (tertiary/aromatic N) is 3. The van der Waals surface area contributed by atoms with Crippen molar-refractivity contribution in [3.63, 3.8) is 0 Å². The number of hydrogen-bond donors (Lipinski definition) is 0. The standard InChI is InChI=1S/C21H35N3O/c1-17-13-24(14-18(2)25-17)16-20-9-11-23(12-10-20)15-19-5-7-21(8-6-19)22(3)4/h5-8,17-18,20H,9-16H2,1-4H3. The van der Waals surface area contributed by atoms with Crippen molar-refractivity contribution in [1.29, 1.82) is 0 Å². The number of morpholine rings is 1. The number of hydrogen-bond acceptors (Lipinski definition) is 4. The van der Waals surface area contributed by atoms with Crippen LogP contribution in [0, 0.1) is 5.92 Å². The highest BCUT2D eigenvalue weighted by molar-refractivity contribution is 5.45. The van der Waals surface area contributed by atoms with Crippen LogP contribution < -0.4 is 4.90 Å². The highest BCUT2D eigenvalue weighted by Gasteiger charge is 2.26. The molecule has 4 heteroatoms. The molecule has 2 unspecified atom stereocenters. The van der Waals surface area contributed by atoms with Crippen molar-refractivity contribution in [2.75, 3.05) is 51.7 Å². The van der Waals surface area contributed by atoms with Crippen molar-refractivity contribution in [2.45, 2.75) is 45.4 Å². The molecule has 2 aliphatic rings. The van der Waals surface area contributed by atoms with Gasteiger partial charge in [-0.05, 0) is 63.4 Å². The van der Waals surface area contributed by atoms with Crippen LogP contribution in [0.5, 0.6) is 0 Å². The minimum absolute atomic E-state index is 0.383. The lowest BCUT2D eigenvalue weighted by Crippen LogP contribution is -2.48. The maximum atomic E-state index is 5.86. The van der Waals surface area contributed by atoms with Gasteiger partial charge in [0.15, 0.2) is 0 Å². The molecule has 2 aliphatic heterocycles. The fraction of sp³-hybridized carbons (Fsp3) is 0.714. The Labute approximate surface area is 153 Å². The van der Waals surface area contributed by atoms with Gasteiger partial charge in [-0.2, -0.15) is 0 Å². The zero-order valence-electron chi connectivity index (χ0n) is 16.4. The summed E-state index contributed by atoms with van der Waals surface area (Å²) in [6, 6.07) is 9.00. The third-order valence-electron chi connectivity index (χ3n) is 5.58. The molecule has 1 aromatic carbocycles. The van der Waals surface area contributed by atoms with E-state index < -0.39 is 0 Å². The molecule has 0 spiro atoms. The van der Waals surface area contributed by atoms with E-state index >= 15 is 0 Å². The number of benzene rings is 1. The first-order valence-electron chi connectivity index (χ1n) is 9.86. The lowest BCUT2D eigenvalue weighted by atomic mass is 9.95. The van der Waals surface area contributed by atoms with Crippen molar-refractivity contribution in [3.8, 4) is 0 Å². The molecule has 0 bridgehead atoms. The minimum atomic E-state index is 0.383. The van der Waals surface area contributed by atoms with E-state index in [1.807, 2.05) is 0 Å². The monoisotopic (exact) mass is 345 g/mol. The van der Waals surface area contributed by atoms with Gasteiger partial charge in [0.05, 0.1) is 12.2 Å². The van der Waals surface area contributed by atoms with Crippen LogP contribution in [0.2, 0.25) is 0 Å². The smallest absolute Gasteiger partial charge is 0.0678 e. The second-order valence-electron chi connectivity index (χ2n) is 8.26. The molecule has 2 heterocycles. The second-order valence-corrected chi connectivity index (χ2v) is 8.26. The first-order chi connectivity index (χ1) is 12.0. The number of anilines is 1. The van der Waals surface area contributed by atoms with Gasteiger partial charge in [-0.1, -0.05) is 12.1 Å². The molecule has 140 valence electrons. The van der Waals surface area contributed by atoms with Crippen LogP contribution in [0.15, 0.2) is 24.3 Å². The highest BCUT2D eigenvalue weighted by Crippen LogP contribution is 2.22. The normalized spacial score (nSPS) is 26.7. The molecule has 4 nitrogen and oxygen atoms in total. The molecule has 25 heavy (non-hydrogen) atoms. The zero-order valence-corrected chi connectivity index (χ0v) is 16.4. The molecule has 0 N–H and O–H groups in total. The molecular formula is C21H35N3O. The molecule has 2 fully saturated rings. The van der Waals surface area contributed by atoms with Crippen LogP contribution in [0.1, 0.15) is 32.3 Å². The Morgan fingerprint density at radius 3 is 2.12 bits per heavy atom. The summed E-state index contributed by atoms with van der Waals surface area (Å²) in [5.74, 6) is 0.852. The van der Waals surface area contributed by atoms with Crippen LogP contribution in [-0.4, -0.2) is 68.8 Å². The van der Waals surface area contributed by atoms with Crippen LogP contribution in [0.3, 0.4) is 0 Å². The summed E-state index contributed by atoms with van der Waals surface area (Å²) in [6.07, 6.45) is 3.43. The van der Waals surface area contributed by atoms with Gasteiger partial charge in [0, 0.05) is 46.0 Å². The van der Waals surface area contributed by atoms with Gasteiger partial charge in [0.1, 0.15) is 0 Å². The maximum Gasteiger partial charge on any atom is 0.0678 e. The average molecular weight is 346 g/mol. The van der Waals surface area contributed by atoms with E-state index in [-0.39, 0.29) is 0 Å². The molecule has 2 saturated heterocycles. The fourth-order valence-electron chi connectivity index (χ4n) is 4.28. The molecule has 0 aromatic heterocycles. The molecule has 1 aromatic rings. The van der Waals surface area contributed by atoms with Crippen LogP contribution in [0.4, 0.5) is 5.69 Å². The molecule has 0 saturated carbocycles. The van der Waals surface area contributed by atoms with Gasteiger partial charge < -0.3 is 9.64 Å². The lowest BCUT2D eigenvalue weighted by molar-refractivity contribution is -0.0732. The Hall–Kier alpha value is -1.10. The quantitative estimate of drug-likeness (QED) is 0.816. The minimum Gasteiger partial charge on any atom is -0.378 e. The Morgan fingerprint density at radius 1 is 0.960 bits per heavy atom. The van der Waals surface area contributed by atoms with Gasteiger partial charge in [-0.3, -0.25) is 9.80 Å². The predicted octanol–water partition coefficient (Wildman–Crippen LogP) is 3.07. The second kappa shape index (κ2) is 8.52. The summed E-state index contributed by atoms with van der Waals surface area (Å²) in [6.45, 7) is 11.4. The summed E-state index contributed by atoms with van der Waals surface area (Å²) in [5, 5.41) is 0. The van der Waals surface area contributed by atoms with Crippen molar-refractivity contribution in [3.05, 3.63) is 29.8 Å². The van der Waals surface area contributed by atoms with Gasteiger partial charge in [-0.25, -0.2) is 0 Å². The van der Waals surface area contributed by atoms with Crippen molar-refractivity contribution < 1.29 is 4.74 Å². The number of ether oxygens (including phenoxy) is 1. The Kier molecular flexibility index (Phi) is 6.37. The summed E-state index contributed by atoms with van der Waals surface area (Å²) in [5.41, 5.74) is 2.70. The molecular weight excluding hydrogens is 310 g/mol. The SMILES string of the molecule is CC1CN(CC2CCN(Cc3ccc(N(C)C)cc3)CC2)CC(C)O1. The van der Waals surface area contributed by atoms with Gasteiger partial charge in [0.2, 0.25) is 0 Å².